The molecule has 1 heterocycles. The molecule has 3 rings (SSSR count). The monoisotopic (exact) mass is 219 g/mol. The Kier molecular flexibility index (Phi) is 2.21. The predicted octanol–water partition coefficient (Wildman–Crippen LogP) is 3.13. The molecule has 16 heavy (non-hydrogen) atoms. The molecule has 0 unspecified atom stereocenters. The van der Waals surface area contributed by atoms with E-state index in [4.69, 9.17) is 4.42 Å². The Bertz CT molecular complexity index is 528. The molecule has 0 radical (unpaired) electrons. The number of nitrogens with one attached hydrogen (secondary N) is 1. The molecule has 0 amide bonds. The van der Waals surface area contributed by atoms with Crippen LogP contribution >= 0.6 is 0 Å². The number of rotatable bonds is 3. The van der Waals surface area contributed by atoms with Crippen molar-refractivity contribution < 1.29 is 8.81 Å². The lowest BCUT2D eigenvalue weighted by molar-refractivity contribution is 0.598. The first-order valence-electron chi connectivity index (χ1n) is 5.64. The van der Waals surface area contributed by atoms with Crippen LogP contribution in [0.25, 0.3) is 11.0 Å². The van der Waals surface area contributed by atoms with Crippen LogP contribution in [-0.2, 0) is 6.54 Å². The van der Waals surface area contributed by atoms with Crippen LogP contribution in [0.2, 0.25) is 0 Å². The van der Waals surface area contributed by atoms with Crippen LogP contribution in [0.4, 0.5) is 4.39 Å². The molecule has 0 spiro atoms. The fourth-order valence-corrected chi connectivity index (χ4v) is 1.97. The van der Waals surface area contributed by atoms with E-state index < -0.39 is 0 Å². The van der Waals surface area contributed by atoms with Crippen molar-refractivity contribution in [3.8, 4) is 0 Å². The smallest absolute Gasteiger partial charge is 0.140 e. The number of halogens is 1. The summed E-state index contributed by atoms with van der Waals surface area (Å²) in [6, 6.07) is 3.88. The fraction of sp³-hybridized carbons (Fsp3) is 0.385. The Labute approximate surface area is 93.4 Å². The highest BCUT2D eigenvalue weighted by molar-refractivity contribution is 5.84. The van der Waals surface area contributed by atoms with Crippen LogP contribution in [0.3, 0.4) is 0 Å². The third kappa shape index (κ3) is 1.61. The third-order valence-corrected chi connectivity index (χ3v) is 3.10. The molecule has 1 N–H and O–H groups in total. The average Bonchev–Trinajstić information content (AvgIpc) is 3.00. The molecule has 0 bridgehead atoms. The van der Waals surface area contributed by atoms with Crippen molar-refractivity contribution in [2.24, 2.45) is 0 Å². The van der Waals surface area contributed by atoms with Crippen molar-refractivity contribution in [3.05, 3.63) is 35.3 Å². The van der Waals surface area contributed by atoms with Gasteiger partial charge in [-0.2, -0.15) is 0 Å². The topological polar surface area (TPSA) is 25.2 Å². The molecule has 1 aromatic carbocycles. The van der Waals surface area contributed by atoms with Crippen molar-refractivity contribution in [3.63, 3.8) is 0 Å². The first-order valence-corrected chi connectivity index (χ1v) is 5.64. The minimum Gasteiger partial charge on any atom is -0.464 e. The molecule has 0 saturated heterocycles. The molecule has 0 atom stereocenters. The van der Waals surface area contributed by atoms with Gasteiger partial charge in [-0.25, -0.2) is 4.39 Å². The van der Waals surface area contributed by atoms with Crippen molar-refractivity contribution in [1.82, 2.24) is 5.32 Å². The number of aryl methyl sites for hydroxylation is 1. The second kappa shape index (κ2) is 3.59. The van der Waals surface area contributed by atoms with E-state index in [0.29, 0.717) is 23.6 Å². The largest absolute Gasteiger partial charge is 0.464 e. The van der Waals surface area contributed by atoms with Gasteiger partial charge in [0.05, 0.1) is 11.6 Å². The van der Waals surface area contributed by atoms with E-state index in [1.54, 1.807) is 12.3 Å². The summed E-state index contributed by atoms with van der Waals surface area (Å²) in [7, 11) is 0. The van der Waals surface area contributed by atoms with Gasteiger partial charge in [0.25, 0.3) is 0 Å². The highest BCUT2D eigenvalue weighted by Crippen LogP contribution is 2.28. The van der Waals surface area contributed by atoms with Crippen LogP contribution in [-0.4, -0.2) is 6.04 Å². The molecular weight excluding hydrogens is 205 g/mol. The van der Waals surface area contributed by atoms with Crippen LogP contribution in [0.5, 0.6) is 0 Å². The minimum atomic E-state index is -0.193. The summed E-state index contributed by atoms with van der Waals surface area (Å²) in [5.74, 6) is -0.193. The fourth-order valence-electron chi connectivity index (χ4n) is 1.97. The first kappa shape index (κ1) is 9.85. The summed E-state index contributed by atoms with van der Waals surface area (Å²) in [6.45, 7) is 2.63. The van der Waals surface area contributed by atoms with E-state index >= 15 is 0 Å². The van der Waals surface area contributed by atoms with Gasteiger partial charge >= 0.3 is 0 Å². The lowest BCUT2D eigenvalue weighted by atomic mass is 10.1. The van der Waals surface area contributed by atoms with E-state index in [0.717, 1.165) is 11.1 Å². The minimum absolute atomic E-state index is 0.193. The van der Waals surface area contributed by atoms with Gasteiger partial charge in [-0.15, -0.1) is 0 Å². The summed E-state index contributed by atoms with van der Waals surface area (Å²) in [5.41, 5.74) is 2.57. The number of hydrogen-bond donors (Lipinski definition) is 1. The van der Waals surface area contributed by atoms with E-state index in [2.05, 4.69) is 5.32 Å². The zero-order chi connectivity index (χ0) is 11.1. The van der Waals surface area contributed by atoms with Gasteiger partial charge in [0, 0.05) is 18.2 Å². The Balaban J connectivity index is 2.00. The van der Waals surface area contributed by atoms with Crippen LogP contribution in [0.15, 0.2) is 22.8 Å². The lowest BCUT2D eigenvalue weighted by Gasteiger charge is -2.01. The molecule has 3 heteroatoms. The molecule has 1 aromatic heterocycles. The van der Waals surface area contributed by atoms with Gasteiger partial charge in [-0.1, -0.05) is 6.07 Å². The van der Waals surface area contributed by atoms with Crippen molar-refractivity contribution >= 4 is 11.0 Å². The molecule has 1 aliphatic rings. The molecule has 1 aliphatic carbocycles. The number of fused-ring (bicyclic) bond motifs is 1. The highest BCUT2D eigenvalue weighted by Gasteiger charge is 2.21. The van der Waals surface area contributed by atoms with Gasteiger partial charge in [-0.3, -0.25) is 0 Å². The summed E-state index contributed by atoms with van der Waals surface area (Å²) < 4.78 is 19.1. The van der Waals surface area contributed by atoms with Gasteiger partial charge in [-0.05, 0) is 31.4 Å². The Hall–Kier alpha value is -1.35. The zero-order valence-corrected chi connectivity index (χ0v) is 9.22. The maximum Gasteiger partial charge on any atom is 0.140 e. The molecule has 0 aliphatic heterocycles. The van der Waals surface area contributed by atoms with Crippen molar-refractivity contribution in [2.45, 2.75) is 32.4 Å². The lowest BCUT2D eigenvalue weighted by Crippen LogP contribution is -2.15. The van der Waals surface area contributed by atoms with Crippen LogP contribution < -0.4 is 5.32 Å². The van der Waals surface area contributed by atoms with E-state index in [9.17, 15) is 4.39 Å². The average molecular weight is 219 g/mol. The molecular formula is C13H14FNO. The molecule has 2 nitrogen and oxygen atoms in total. The predicted molar refractivity (Wildman–Crippen MR) is 60.8 cm³/mol. The Morgan fingerprint density at radius 2 is 2.25 bits per heavy atom. The number of hydrogen-bond acceptors (Lipinski definition) is 2. The van der Waals surface area contributed by atoms with E-state index in [-0.39, 0.29) is 5.82 Å². The Morgan fingerprint density at radius 1 is 1.44 bits per heavy atom. The van der Waals surface area contributed by atoms with E-state index in [1.165, 1.54) is 18.9 Å². The zero-order valence-electron chi connectivity index (χ0n) is 9.22. The summed E-state index contributed by atoms with van der Waals surface area (Å²) >= 11 is 0. The Morgan fingerprint density at radius 3 is 3.00 bits per heavy atom. The van der Waals surface area contributed by atoms with Gasteiger partial charge in [0.2, 0.25) is 0 Å². The van der Waals surface area contributed by atoms with Crippen molar-refractivity contribution in [2.75, 3.05) is 0 Å². The maximum atomic E-state index is 13.7. The third-order valence-electron chi connectivity index (χ3n) is 3.10. The summed E-state index contributed by atoms with van der Waals surface area (Å²) in [4.78, 5) is 0. The molecule has 84 valence electrons. The van der Waals surface area contributed by atoms with Gasteiger partial charge in [0.1, 0.15) is 11.4 Å². The van der Waals surface area contributed by atoms with E-state index in [1.807, 2.05) is 6.92 Å². The van der Waals surface area contributed by atoms with Gasteiger partial charge in [0.15, 0.2) is 0 Å². The van der Waals surface area contributed by atoms with Gasteiger partial charge < -0.3 is 9.73 Å². The standard InChI is InChI=1S/C13H14FNO/c1-8-2-5-11(14)12-9(7-16-13(8)12)6-15-10-3-4-10/h2,5,7,10,15H,3-4,6H2,1H3. The van der Waals surface area contributed by atoms with Crippen molar-refractivity contribution in [1.29, 1.82) is 0 Å². The number of furan rings is 1. The second-order valence-corrected chi connectivity index (χ2v) is 4.48. The quantitative estimate of drug-likeness (QED) is 0.858. The normalized spacial score (nSPS) is 15.9. The van der Waals surface area contributed by atoms with Crippen LogP contribution in [0, 0.1) is 12.7 Å². The highest BCUT2D eigenvalue weighted by atomic mass is 19.1. The second-order valence-electron chi connectivity index (χ2n) is 4.48. The maximum absolute atomic E-state index is 13.7. The molecule has 2 aromatic rings. The first-order chi connectivity index (χ1) is 7.75. The number of benzene rings is 1. The molecule has 1 saturated carbocycles. The van der Waals surface area contributed by atoms with Crippen LogP contribution in [0.1, 0.15) is 24.0 Å². The molecule has 1 fully saturated rings. The SMILES string of the molecule is Cc1ccc(F)c2c(CNC3CC3)coc12. The summed E-state index contributed by atoms with van der Waals surface area (Å²) in [5, 5.41) is 4.00. The summed E-state index contributed by atoms with van der Waals surface area (Å²) in [6.07, 6.45) is 4.13.